The number of carbonyl (C=O) groups is 2. The molecule has 2 saturated carbocycles. The number of hydrogen-bond acceptors (Lipinski definition) is 4. The summed E-state index contributed by atoms with van der Waals surface area (Å²) in [7, 11) is 0. The molecule has 0 amide bonds. The van der Waals surface area contributed by atoms with E-state index in [9.17, 15) is 14.7 Å². The minimum atomic E-state index is -0.577. The highest BCUT2D eigenvalue weighted by molar-refractivity contribution is 5.90. The van der Waals surface area contributed by atoms with E-state index in [2.05, 4.69) is 13.5 Å². The molecule has 0 spiro atoms. The molecule has 1 saturated heterocycles. The Bertz CT molecular complexity index is 615. The van der Waals surface area contributed by atoms with Gasteiger partial charge in [0.25, 0.3) is 0 Å². The predicted molar refractivity (Wildman–Crippen MR) is 91.1 cm³/mol. The van der Waals surface area contributed by atoms with E-state index < -0.39 is 11.5 Å². The van der Waals surface area contributed by atoms with Gasteiger partial charge in [-0.1, -0.05) is 33.4 Å². The van der Waals surface area contributed by atoms with Crippen molar-refractivity contribution in [3.05, 3.63) is 23.8 Å². The summed E-state index contributed by atoms with van der Waals surface area (Å²) in [6.07, 6.45) is 4.73. The molecule has 0 aromatic heterocycles. The first-order valence-corrected chi connectivity index (χ1v) is 8.94. The highest BCUT2D eigenvalue weighted by Gasteiger charge is 2.57. The largest absolute Gasteiger partial charge is 0.462 e. The highest BCUT2D eigenvalue weighted by atomic mass is 16.5. The Morgan fingerprint density at radius 1 is 1.29 bits per heavy atom. The molecule has 0 bridgehead atoms. The van der Waals surface area contributed by atoms with Crippen LogP contribution in [-0.2, 0) is 14.3 Å². The molecule has 4 atom stereocenters. The Morgan fingerprint density at radius 3 is 2.62 bits per heavy atom. The molecule has 1 aliphatic heterocycles. The van der Waals surface area contributed by atoms with Crippen LogP contribution in [0.3, 0.4) is 0 Å². The van der Waals surface area contributed by atoms with E-state index in [1.54, 1.807) is 0 Å². The molecule has 3 aliphatic rings. The quantitative estimate of drug-likeness (QED) is 0.479. The van der Waals surface area contributed by atoms with Crippen molar-refractivity contribution in [2.24, 2.45) is 22.7 Å². The molecule has 4 heteroatoms. The van der Waals surface area contributed by atoms with Gasteiger partial charge in [-0.3, -0.25) is 4.79 Å². The number of carbonyl (C=O) groups excluding carboxylic acids is 2. The first kappa shape index (κ1) is 17.4. The molecule has 0 radical (unpaired) electrons. The normalized spacial score (nSPS) is 40.6. The third kappa shape index (κ3) is 2.55. The summed E-state index contributed by atoms with van der Waals surface area (Å²) in [4.78, 5) is 24.1. The molecule has 3 fully saturated rings. The van der Waals surface area contributed by atoms with Crippen LogP contribution in [0.5, 0.6) is 0 Å². The maximum atomic E-state index is 12.4. The van der Waals surface area contributed by atoms with Crippen LogP contribution < -0.4 is 0 Å². The number of esters is 1. The third-order valence-electron chi connectivity index (χ3n) is 6.87. The first-order chi connectivity index (χ1) is 11.2. The van der Waals surface area contributed by atoms with Crippen molar-refractivity contribution >= 4 is 11.8 Å². The van der Waals surface area contributed by atoms with E-state index in [0.717, 1.165) is 17.6 Å². The van der Waals surface area contributed by atoms with E-state index in [1.807, 2.05) is 19.9 Å². The molecule has 2 aliphatic carbocycles. The lowest BCUT2D eigenvalue weighted by Gasteiger charge is -2.58. The van der Waals surface area contributed by atoms with Gasteiger partial charge in [-0.15, -0.1) is 0 Å². The van der Waals surface area contributed by atoms with Crippen LogP contribution in [0.15, 0.2) is 23.8 Å². The topological polar surface area (TPSA) is 63.6 Å². The maximum absolute atomic E-state index is 12.4. The molecule has 1 N–H and O–H groups in total. The number of allylic oxidation sites excluding steroid dienone is 1. The van der Waals surface area contributed by atoms with Crippen LogP contribution in [0.4, 0.5) is 0 Å². The monoisotopic (exact) mass is 332 g/mol. The second kappa shape index (κ2) is 5.83. The van der Waals surface area contributed by atoms with E-state index >= 15 is 0 Å². The summed E-state index contributed by atoms with van der Waals surface area (Å²) >= 11 is 0. The number of aliphatic hydroxyl groups is 1. The molecule has 24 heavy (non-hydrogen) atoms. The molecular weight excluding hydrogens is 304 g/mol. The fourth-order valence-electron chi connectivity index (χ4n) is 5.22. The van der Waals surface area contributed by atoms with Gasteiger partial charge in [-0.2, -0.15) is 0 Å². The van der Waals surface area contributed by atoms with Crippen molar-refractivity contribution in [3.63, 3.8) is 0 Å². The van der Waals surface area contributed by atoms with Crippen molar-refractivity contribution in [2.75, 3.05) is 6.61 Å². The number of ether oxygens (including phenoxy) is 1. The molecule has 4 nitrogen and oxygen atoms in total. The minimum Gasteiger partial charge on any atom is -0.462 e. The summed E-state index contributed by atoms with van der Waals surface area (Å²) in [5.74, 6) is 0.282. The third-order valence-corrected chi connectivity index (χ3v) is 6.87. The summed E-state index contributed by atoms with van der Waals surface area (Å²) in [6, 6.07) is 0. The van der Waals surface area contributed by atoms with E-state index in [0.29, 0.717) is 38.1 Å². The van der Waals surface area contributed by atoms with Gasteiger partial charge < -0.3 is 9.84 Å². The van der Waals surface area contributed by atoms with Gasteiger partial charge >= 0.3 is 5.97 Å². The molecule has 0 aromatic carbocycles. The Balaban J connectivity index is 1.92. The van der Waals surface area contributed by atoms with Crippen LogP contribution in [0.2, 0.25) is 0 Å². The van der Waals surface area contributed by atoms with Crippen LogP contribution >= 0.6 is 0 Å². The summed E-state index contributed by atoms with van der Waals surface area (Å²) in [6.45, 7) is 10.9. The summed E-state index contributed by atoms with van der Waals surface area (Å²) in [5, 5.41) is 10.5. The standard InChI is InChI=1S/C20H28O4/c1-12-14(6-5-13-8-10-24-18(13)23)20(4)9-7-17(22)19(2,3)16(20)11-15(12)21/h5,14-16,21H,1,6-11H2,2-4H3/b13-5+/t14-,15-,16-,20+/m0/s1. The van der Waals surface area contributed by atoms with Crippen molar-refractivity contribution in [1.82, 2.24) is 0 Å². The van der Waals surface area contributed by atoms with Gasteiger partial charge in [0, 0.05) is 23.8 Å². The lowest BCUT2D eigenvalue weighted by Crippen LogP contribution is -2.55. The van der Waals surface area contributed by atoms with Gasteiger partial charge in [0.05, 0.1) is 12.7 Å². The highest BCUT2D eigenvalue weighted by Crippen LogP contribution is 2.60. The number of fused-ring (bicyclic) bond motifs is 1. The second-order valence-corrected chi connectivity index (χ2v) is 8.43. The Kier molecular flexibility index (Phi) is 4.23. The fourth-order valence-corrected chi connectivity index (χ4v) is 5.22. The molecule has 0 unspecified atom stereocenters. The zero-order valence-corrected chi connectivity index (χ0v) is 14.9. The average Bonchev–Trinajstić information content (AvgIpc) is 2.92. The lowest BCUT2D eigenvalue weighted by molar-refractivity contribution is -0.148. The number of ketones is 1. The van der Waals surface area contributed by atoms with Gasteiger partial charge in [0.2, 0.25) is 0 Å². The molecular formula is C20H28O4. The van der Waals surface area contributed by atoms with Crippen molar-refractivity contribution in [2.45, 2.75) is 59.0 Å². The van der Waals surface area contributed by atoms with Crippen LogP contribution in [0, 0.1) is 22.7 Å². The van der Waals surface area contributed by atoms with Crippen molar-refractivity contribution in [1.29, 1.82) is 0 Å². The smallest absolute Gasteiger partial charge is 0.333 e. The number of Topliss-reactive ketones (excluding diaryl/α,β-unsaturated/α-hetero) is 1. The summed E-state index contributed by atoms with van der Waals surface area (Å²) < 4.78 is 5.01. The van der Waals surface area contributed by atoms with Gasteiger partial charge in [-0.25, -0.2) is 4.79 Å². The average molecular weight is 332 g/mol. The zero-order valence-electron chi connectivity index (χ0n) is 14.9. The number of hydrogen-bond donors (Lipinski definition) is 1. The number of cyclic esters (lactones) is 1. The SMILES string of the molecule is C=C1[C@@H](O)C[C@H]2C(C)(C)C(=O)CC[C@]2(C)[C@H]1C/C=C1\CCOC1=O. The van der Waals surface area contributed by atoms with E-state index in [1.165, 1.54) is 0 Å². The lowest BCUT2D eigenvalue weighted by atomic mass is 9.46. The Labute approximate surface area is 144 Å². The van der Waals surface area contributed by atoms with Crippen molar-refractivity contribution < 1.29 is 19.4 Å². The van der Waals surface area contributed by atoms with Gasteiger partial charge in [0.15, 0.2) is 0 Å². The van der Waals surface area contributed by atoms with E-state index in [-0.39, 0.29) is 23.2 Å². The first-order valence-electron chi connectivity index (χ1n) is 8.94. The Morgan fingerprint density at radius 2 is 2.00 bits per heavy atom. The molecule has 132 valence electrons. The van der Waals surface area contributed by atoms with Crippen LogP contribution in [0.1, 0.15) is 52.9 Å². The molecule has 0 aromatic rings. The molecule has 3 rings (SSSR count). The zero-order chi connectivity index (χ0) is 17.7. The second-order valence-electron chi connectivity index (χ2n) is 8.43. The van der Waals surface area contributed by atoms with E-state index in [4.69, 9.17) is 4.74 Å². The maximum Gasteiger partial charge on any atom is 0.333 e. The van der Waals surface area contributed by atoms with Crippen LogP contribution in [0.25, 0.3) is 0 Å². The van der Waals surface area contributed by atoms with Crippen molar-refractivity contribution in [3.8, 4) is 0 Å². The van der Waals surface area contributed by atoms with Gasteiger partial charge in [0.1, 0.15) is 5.78 Å². The van der Waals surface area contributed by atoms with Crippen LogP contribution in [-0.4, -0.2) is 29.6 Å². The summed E-state index contributed by atoms with van der Waals surface area (Å²) in [5.41, 5.74) is 1.08. The number of aliphatic hydroxyl groups excluding tert-OH is 1. The minimum absolute atomic E-state index is 0.0761. The Hall–Kier alpha value is -1.42. The predicted octanol–water partition coefficient (Wildman–Crippen LogP) is 3.20. The molecule has 1 heterocycles. The van der Waals surface area contributed by atoms with Gasteiger partial charge in [-0.05, 0) is 42.1 Å². The fraction of sp³-hybridized carbons (Fsp3) is 0.700. The number of rotatable bonds is 2.